The monoisotopic (exact) mass is 255 g/mol. The minimum absolute atomic E-state index is 0.588. The van der Waals surface area contributed by atoms with Gasteiger partial charge < -0.3 is 5.32 Å². The maximum Gasteiger partial charge on any atom is 0.0441 e. The Labute approximate surface area is 106 Å². The van der Waals surface area contributed by atoms with Gasteiger partial charge in [0.15, 0.2) is 0 Å². The summed E-state index contributed by atoms with van der Waals surface area (Å²) in [5.41, 5.74) is 1.24. The third kappa shape index (κ3) is 1.97. The largest absolute Gasteiger partial charge is 0.311 e. The van der Waals surface area contributed by atoms with Gasteiger partial charge in [-0.2, -0.15) is 0 Å². The number of rotatable bonds is 1. The van der Waals surface area contributed by atoms with Crippen LogP contribution in [0.1, 0.15) is 37.2 Å². The van der Waals surface area contributed by atoms with Gasteiger partial charge in [-0.05, 0) is 55.4 Å². The highest BCUT2D eigenvalue weighted by molar-refractivity contribution is 6.33. The van der Waals surface area contributed by atoms with Crippen LogP contribution in [-0.4, -0.2) is 12.1 Å². The molecule has 2 saturated heterocycles. The van der Waals surface area contributed by atoms with Crippen LogP contribution in [0.2, 0.25) is 10.0 Å². The Kier molecular flexibility index (Phi) is 2.87. The fourth-order valence-electron chi connectivity index (χ4n) is 3.14. The number of piperidine rings is 1. The minimum Gasteiger partial charge on any atom is -0.311 e. The van der Waals surface area contributed by atoms with Crippen molar-refractivity contribution in [3.63, 3.8) is 0 Å². The van der Waals surface area contributed by atoms with Crippen molar-refractivity contribution < 1.29 is 0 Å². The topological polar surface area (TPSA) is 12.0 Å². The Morgan fingerprint density at radius 3 is 2.44 bits per heavy atom. The van der Waals surface area contributed by atoms with Gasteiger partial charge in [0.2, 0.25) is 0 Å². The van der Waals surface area contributed by atoms with Gasteiger partial charge in [0.1, 0.15) is 0 Å². The zero-order valence-electron chi connectivity index (χ0n) is 9.05. The molecule has 16 heavy (non-hydrogen) atoms. The molecule has 1 N–H and O–H groups in total. The van der Waals surface area contributed by atoms with Crippen molar-refractivity contribution in [2.75, 3.05) is 0 Å². The number of benzene rings is 1. The van der Waals surface area contributed by atoms with E-state index < -0.39 is 0 Å². The van der Waals surface area contributed by atoms with E-state index in [0.29, 0.717) is 18.0 Å². The molecule has 1 nitrogen and oxygen atoms in total. The minimum atomic E-state index is 0.588. The lowest BCUT2D eigenvalue weighted by Crippen LogP contribution is -2.37. The Morgan fingerprint density at radius 1 is 1.06 bits per heavy atom. The van der Waals surface area contributed by atoms with E-state index in [1.807, 2.05) is 18.2 Å². The molecule has 2 aliphatic rings. The van der Waals surface area contributed by atoms with Crippen LogP contribution < -0.4 is 5.32 Å². The molecule has 0 saturated carbocycles. The fraction of sp³-hybridized carbons (Fsp3) is 0.538. The molecule has 2 aliphatic heterocycles. The molecule has 3 heteroatoms. The second-order valence-electron chi connectivity index (χ2n) is 4.97. The number of halogens is 2. The van der Waals surface area contributed by atoms with E-state index in [-0.39, 0.29) is 0 Å². The first-order valence-corrected chi connectivity index (χ1v) is 6.69. The van der Waals surface area contributed by atoms with Crippen molar-refractivity contribution in [3.05, 3.63) is 33.8 Å². The number of hydrogen-bond acceptors (Lipinski definition) is 1. The lowest BCUT2D eigenvalue weighted by atomic mass is 9.86. The zero-order chi connectivity index (χ0) is 11.1. The quantitative estimate of drug-likeness (QED) is 0.801. The molecule has 2 fully saturated rings. The third-order valence-electron chi connectivity index (χ3n) is 3.87. The zero-order valence-corrected chi connectivity index (χ0v) is 10.6. The maximum absolute atomic E-state index is 6.27. The highest BCUT2D eigenvalue weighted by Crippen LogP contribution is 2.40. The van der Waals surface area contributed by atoms with Crippen molar-refractivity contribution in [2.45, 2.75) is 43.7 Å². The summed E-state index contributed by atoms with van der Waals surface area (Å²) in [4.78, 5) is 0. The Bertz CT molecular complexity index is 393. The molecular weight excluding hydrogens is 241 g/mol. The maximum atomic E-state index is 6.27. The summed E-state index contributed by atoms with van der Waals surface area (Å²) in [6, 6.07) is 7.21. The molecule has 86 valence electrons. The Hall–Kier alpha value is -0.240. The number of hydrogen-bond donors (Lipinski definition) is 1. The van der Waals surface area contributed by atoms with Gasteiger partial charge in [-0.15, -0.1) is 0 Å². The van der Waals surface area contributed by atoms with E-state index in [1.54, 1.807) is 0 Å². The van der Waals surface area contributed by atoms with E-state index in [9.17, 15) is 0 Å². The molecule has 3 rings (SSSR count). The van der Waals surface area contributed by atoms with E-state index >= 15 is 0 Å². The van der Waals surface area contributed by atoms with E-state index in [2.05, 4.69) is 5.32 Å². The lowest BCUT2D eigenvalue weighted by molar-refractivity contribution is 0.363. The molecule has 0 aromatic heterocycles. The molecule has 2 heterocycles. The highest BCUT2D eigenvalue weighted by Gasteiger charge is 2.34. The molecule has 0 spiro atoms. The predicted molar refractivity (Wildman–Crippen MR) is 68.4 cm³/mol. The normalized spacial score (nSPS) is 33.0. The van der Waals surface area contributed by atoms with Crippen molar-refractivity contribution in [1.82, 2.24) is 5.32 Å². The van der Waals surface area contributed by atoms with Gasteiger partial charge in [-0.25, -0.2) is 0 Å². The van der Waals surface area contributed by atoms with Crippen molar-refractivity contribution in [3.8, 4) is 0 Å². The summed E-state index contributed by atoms with van der Waals surface area (Å²) in [6.07, 6.45) is 5.05. The van der Waals surface area contributed by atoms with Crippen molar-refractivity contribution in [1.29, 1.82) is 0 Å². The second-order valence-corrected chi connectivity index (χ2v) is 5.82. The van der Waals surface area contributed by atoms with Crippen LogP contribution in [0.4, 0.5) is 0 Å². The molecule has 0 amide bonds. The van der Waals surface area contributed by atoms with Crippen LogP contribution >= 0.6 is 23.2 Å². The van der Waals surface area contributed by atoms with Crippen LogP contribution in [0.5, 0.6) is 0 Å². The smallest absolute Gasteiger partial charge is 0.0441 e. The van der Waals surface area contributed by atoms with Gasteiger partial charge in [0.25, 0.3) is 0 Å². The molecule has 2 bridgehead atoms. The SMILES string of the molecule is Clc1ccc(Cl)c(C2C[C@H]3CC[C@@H](C2)N3)c1. The summed E-state index contributed by atoms with van der Waals surface area (Å²) in [5.74, 6) is 0.588. The molecule has 0 radical (unpaired) electrons. The number of fused-ring (bicyclic) bond motifs is 2. The Balaban J connectivity index is 1.89. The molecule has 1 aromatic carbocycles. The van der Waals surface area contributed by atoms with Crippen molar-refractivity contribution in [2.24, 2.45) is 0 Å². The predicted octanol–water partition coefficient (Wildman–Crippen LogP) is 3.99. The van der Waals surface area contributed by atoms with Gasteiger partial charge >= 0.3 is 0 Å². The van der Waals surface area contributed by atoms with Crippen LogP contribution in [0.15, 0.2) is 18.2 Å². The summed E-state index contributed by atoms with van der Waals surface area (Å²) >= 11 is 12.3. The molecule has 0 aliphatic carbocycles. The summed E-state index contributed by atoms with van der Waals surface area (Å²) < 4.78 is 0. The van der Waals surface area contributed by atoms with E-state index in [0.717, 1.165) is 10.0 Å². The first-order chi connectivity index (χ1) is 7.72. The summed E-state index contributed by atoms with van der Waals surface area (Å²) in [5, 5.41) is 5.32. The van der Waals surface area contributed by atoms with Gasteiger partial charge in [0, 0.05) is 22.1 Å². The number of nitrogens with one attached hydrogen (secondary N) is 1. The average Bonchev–Trinajstić information content (AvgIpc) is 2.61. The first-order valence-electron chi connectivity index (χ1n) is 5.93. The van der Waals surface area contributed by atoms with Crippen LogP contribution in [0.3, 0.4) is 0 Å². The summed E-state index contributed by atoms with van der Waals surface area (Å²) in [6.45, 7) is 0. The summed E-state index contributed by atoms with van der Waals surface area (Å²) in [7, 11) is 0. The van der Waals surface area contributed by atoms with E-state index in [4.69, 9.17) is 23.2 Å². The highest BCUT2D eigenvalue weighted by atomic mass is 35.5. The fourth-order valence-corrected chi connectivity index (χ4v) is 3.59. The average molecular weight is 256 g/mol. The van der Waals surface area contributed by atoms with Crippen LogP contribution in [0.25, 0.3) is 0 Å². The molecule has 1 unspecified atom stereocenters. The van der Waals surface area contributed by atoms with Gasteiger partial charge in [0.05, 0.1) is 0 Å². The Morgan fingerprint density at radius 2 is 1.75 bits per heavy atom. The third-order valence-corrected chi connectivity index (χ3v) is 4.45. The molecule has 3 atom stereocenters. The molecular formula is C13H15Cl2N. The van der Waals surface area contributed by atoms with Crippen LogP contribution in [0, 0.1) is 0 Å². The first kappa shape index (κ1) is 10.9. The second kappa shape index (κ2) is 4.21. The van der Waals surface area contributed by atoms with Gasteiger partial charge in [-0.1, -0.05) is 23.2 Å². The van der Waals surface area contributed by atoms with Gasteiger partial charge in [-0.3, -0.25) is 0 Å². The van der Waals surface area contributed by atoms with Crippen LogP contribution in [-0.2, 0) is 0 Å². The molecule has 1 aromatic rings. The van der Waals surface area contributed by atoms with E-state index in [1.165, 1.54) is 31.2 Å². The lowest BCUT2D eigenvalue weighted by Gasteiger charge is -2.30. The van der Waals surface area contributed by atoms with Crippen molar-refractivity contribution >= 4 is 23.2 Å². The standard InChI is InChI=1S/C13H15Cl2N/c14-9-1-4-13(15)12(7-9)8-5-10-2-3-11(6-8)16-10/h1,4,7-8,10-11,16H,2-3,5-6H2/t8?,10-,11+.